The Kier molecular flexibility index (Phi) is 5.33. The van der Waals surface area contributed by atoms with Crippen molar-refractivity contribution in [3.05, 3.63) is 50.1 Å². The lowest BCUT2D eigenvalue weighted by molar-refractivity contribution is 0.414. The second-order valence-corrected chi connectivity index (χ2v) is 6.95. The minimum atomic E-state index is 0.142. The zero-order valence-electron chi connectivity index (χ0n) is 11.6. The number of nitrogens with one attached hydrogen (secondary N) is 1. The smallest absolute Gasteiger partial charge is 0.118 e. The average Bonchev–Trinajstić information content (AvgIpc) is 2.78. The Morgan fingerprint density at radius 2 is 1.75 bits per heavy atom. The van der Waals surface area contributed by atoms with Gasteiger partial charge in [0.25, 0.3) is 0 Å². The molecule has 2 aromatic rings. The van der Waals surface area contributed by atoms with Crippen LogP contribution >= 0.6 is 34.5 Å². The number of hydrogen-bond acceptors (Lipinski definition) is 3. The molecule has 0 amide bonds. The van der Waals surface area contributed by atoms with E-state index in [1.54, 1.807) is 7.11 Å². The predicted octanol–water partition coefficient (Wildman–Crippen LogP) is 5.48. The van der Waals surface area contributed by atoms with Crippen molar-refractivity contribution >= 4 is 34.5 Å². The van der Waals surface area contributed by atoms with Crippen molar-refractivity contribution in [3.8, 4) is 5.75 Å². The van der Waals surface area contributed by atoms with Crippen LogP contribution in [0.3, 0.4) is 0 Å². The van der Waals surface area contributed by atoms with Crippen LogP contribution in [-0.4, -0.2) is 7.11 Å². The van der Waals surface area contributed by atoms with E-state index in [2.05, 4.69) is 31.3 Å². The van der Waals surface area contributed by atoms with E-state index in [0.29, 0.717) is 0 Å². The first-order valence-electron chi connectivity index (χ1n) is 6.36. The molecule has 0 fully saturated rings. The highest BCUT2D eigenvalue weighted by Gasteiger charge is 2.16. The number of halogens is 2. The van der Waals surface area contributed by atoms with Crippen molar-refractivity contribution in [3.63, 3.8) is 0 Å². The van der Waals surface area contributed by atoms with Crippen molar-refractivity contribution in [1.29, 1.82) is 0 Å². The highest BCUT2D eigenvalue weighted by atomic mass is 35.5. The summed E-state index contributed by atoms with van der Waals surface area (Å²) in [6, 6.07) is 10.3. The zero-order chi connectivity index (χ0) is 14.7. The van der Waals surface area contributed by atoms with Gasteiger partial charge in [-0.1, -0.05) is 35.3 Å². The largest absolute Gasteiger partial charge is 0.497 e. The SMILES string of the molecule is COc1ccc(C(C)NC(C)c2cc(Cl)sc2Cl)cc1. The fourth-order valence-electron chi connectivity index (χ4n) is 2.10. The van der Waals surface area contributed by atoms with Crippen molar-refractivity contribution < 1.29 is 4.74 Å². The minimum absolute atomic E-state index is 0.142. The number of ether oxygens (including phenoxy) is 1. The summed E-state index contributed by atoms with van der Waals surface area (Å²) in [6.07, 6.45) is 0. The van der Waals surface area contributed by atoms with Crippen LogP contribution in [0.4, 0.5) is 0 Å². The molecule has 0 aliphatic heterocycles. The maximum atomic E-state index is 6.19. The van der Waals surface area contributed by atoms with Gasteiger partial charge in [0.15, 0.2) is 0 Å². The van der Waals surface area contributed by atoms with Crippen molar-refractivity contribution in [2.24, 2.45) is 0 Å². The highest BCUT2D eigenvalue weighted by molar-refractivity contribution is 7.20. The normalized spacial score (nSPS) is 14.1. The molecule has 0 aliphatic carbocycles. The molecule has 1 aromatic heterocycles. The van der Waals surface area contributed by atoms with Crippen LogP contribution in [0.2, 0.25) is 8.67 Å². The molecule has 2 atom stereocenters. The zero-order valence-corrected chi connectivity index (χ0v) is 13.9. The lowest BCUT2D eigenvalue weighted by atomic mass is 10.1. The van der Waals surface area contributed by atoms with Crippen LogP contribution in [0.1, 0.15) is 37.1 Å². The van der Waals surface area contributed by atoms with E-state index in [1.807, 2.05) is 18.2 Å². The number of thiophene rings is 1. The summed E-state index contributed by atoms with van der Waals surface area (Å²) in [5, 5.41) is 3.53. The van der Waals surface area contributed by atoms with Gasteiger partial charge in [-0.2, -0.15) is 0 Å². The summed E-state index contributed by atoms with van der Waals surface area (Å²) in [5.74, 6) is 0.863. The summed E-state index contributed by atoms with van der Waals surface area (Å²) in [7, 11) is 1.67. The molecule has 1 heterocycles. The molecule has 0 aliphatic rings. The first-order valence-corrected chi connectivity index (χ1v) is 7.93. The topological polar surface area (TPSA) is 21.3 Å². The van der Waals surface area contributed by atoms with Gasteiger partial charge < -0.3 is 10.1 Å². The van der Waals surface area contributed by atoms with Crippen LogP contribution in [0.5, 0.6) is 5.75 Å². The van der Waals surface area contributed by atoms with E-state index in [0.717, 1.165) is 20.0 Å². The molecule has 0 saturated carbocycles. The van der Waals surface area contributed by atoms with Crippen molar-refractivity contribution in [2.75, 3.05) is 7.11 Å². The summed E-state index contributed by atoms with van der Waals surface area (Å²) in [6.45, 7) is 4.21. The van der Waals surface area contributed by atoms with Crippen LogP contribution in [-0.2, 0) is 0 Å². The molecule has 5 heteroatoms. The molecule has 2 rings (SSSR count). The lowest BCUT2D eigenvalue weighted by Crippen LogP contribution is -2.22. The van der Waals surface area contributed by atoms with Gasteiger partial charge in [-0.15, -0.1) is 11.3 Å². The van der Waals surface area contributed by atoms with Crippen molar-refractivity contribution in [2.45, 2.75) is 25.9 Å². The highest BCUT2D eigenvalue weighted by Crippen LogP contribution is 2.35. The Labute approximate surface area is 133 Å². The molecule has 20 heavy (non-hydrogen) atoms. The maximum absolute atomic E-state index is 6.19. The molecule has 2 nitrogen and oxygen atoms in total. The molecule has 1 N–H and O–H groups in total. The van der Waals surface area contributed by atoms with E-state index in [9.17, 15) is 0 Å². The first-order chi connectivity index (χ1) is 9.51. The Morgan fingerprint density at radius 3 is 2.25 bits per heavy atom. The fourth-order valence-corrected chi connectivity index (χ4v) is 3.75. The molecular formula is C15H17Cl2NOS. The third kappa shape index (κ3) is 3.67. The van der Waals surface area contributed by atoms with E-state index in [1.165, 1.54) is 16.9 Å². The summed E-state index contributed by atoms with van der Waals surface area (Å²) in [5.41, 5.74) is 2.25. The predicted molar refractivity (Wildman–Crippen MR) is 87.3 cm³/mol. The van der Waals surface area contributed by atoms with Crippen LogP contribution in [0.15, 0.2) is 30.3 Å². The van der Waals surface area contributed by atoms with Gasteiger partial charge >= 0.3 is 0 Å². The monoisotopic (exact) mass is 329 g/mol. The first kappa shape index (κ1) is 15.6. The van der Waals surface area contributed by atoms with Crippen molar-refractivity contribution in [1.82, 2.24) is 5.32 Å². The van der Waals surface area contributed by atoms with E-state index in [-0.39, 0.29) is 12.1 Å². The Morgan fingerprint density at radius 1 is 1.10 bits per heavy atom. The van der Waals surface area contributed by atoms with E-state index in [4.69, 9.17) is 27.9 Å². The minimum Gasteiger partial charge on any atom is -0.497 e. The Balaban J connectivity index is 2.06. The molecule has 0 saturated heterocycles. The molecule has 2 unspecified atom stereocenters. The summed E-state index contributed by atoms with van der Waals surface area (Å²) < 4.78 is 6.63. The maximum Gasteiger partial charge on any atom is 0.118 e. The quantitative estimate of drug-likeness (QED) is 0.784. The molecule has 0 radical (unpaired) electrons. The fraction of sp³-hybridized carbons (Fsp3) is 0.333. The molecule has 0 bridgehead atoms. The number of rotatable bonds is 5. The third-order valence-electron chi connectivity index (χ3n) is 3.27. The second-order valence-electron chi connectivity index (χ2n) is 4.66. The molecular weight excluding hydrogens is 313 g/mol. The summed E-state index contributed by atoms with van der Waals surface area (Å²) in [4.78, 5) is 0. The van der Waals surface area contributed by atoms with Gasteiger partial charge in [-0.25, -0.2) is 0 Å². The van der Waals surface area contributed by atoms with Crippen LogP contribution < -0.4 is 10.1 Å². The number of methoxy groups -OCH3 is 1. The van der Waals surface area contributed by atoms with Crippen LogP contribution in [0.25, 0.3) is 0 Å². The average molecular weight is 330 g/mol. The third-order valence-corrected chi connectivity index (χ3v) is 4.78. The second kappa shape index (κ2) is 6.81. The lowest BCUT2D eigenvalue weighted by Gasteiger charge is -2.20. The number of benzene rings is 1. The molecule has 108 valence electrons. The van der Waals surface area contributed by atoms with Gasteiger partial charge in [-0.05, 0) is 43.2 Å². The Hall–Kier alpha value is -0.740. The van der Waals surface area contributed by atoms with E-state index < -0.39 is 0 Å². The molecule has 0 spiro atoms. The molecule has 1 aromatic carbocycles. The van der Waals surface area contributed by atoms with Crippen LogP contribution in [0, 0.1) is 0 Å². The Bertz CT molecular complexity index is 568. The van der Waals surface area contributed by atoms with Gasteiger partial charge in [-0.3, -0.25) is 0 Å². The van der Waals surface area contributed by atoms with E-state index >= 15 is 0 Å². The van der Waals surface area contributed by atoms with Gasteiger partial charge in [0.1, 0.15) is 5.75 Å². The summed E-state index contributed by atoms with van der Waals surface area (Å²) >= 11 is 13.6. The van der Waals surface area contributed by atoms with Gasteiger partial charge in [0, 0.05) is 12.1 Å². The standard InChI is InChI=1S/C15H17Cl2NOS/c1-9(11-4-6-12(19-3)7-5-11)18-10(2)13-8-14(16)20-15(13)17/h4-10,18H,1-3H3. The van der Waals surface area contributed by atoms with Gasteiger partial charge in [0.2, 0.25) is 0 Å². The number of hydrogen-bond donors (Lipinski definition) is 1. The van der Waals surface area contributed by atoms with Gasteiger partial charge in [0.05, 0.1) is 15.8 Å².